The quantitative estimate of drug-likeness (QED) is 0.678. The molecule has 0 bridgehead atoms. The maximum atomic E-state index is 13.0. The van der Waals surface area contributed by atoms with Gasteiger partial charge < -0.3 is 5.32 Å². The van der Waals surface area contributed by atoms with Gasteiger partial charge in [0, 0.05) is 5.54 Å². The van der Waals surface area contributed by atoms with E-state index in [9.17, 15) is 4.39 Å². The molecule has 1 N–H and O–H groups in total. The van der Waals surface area contributed by atoms with Crippen molar-refractivity contribution in [2.45, 2.75) is 45.3 Å². The largest absolute Gasteiger partial charge is 0.311 e. The van der Waals surface area contributed by atoms with Crippen LogP contribution >= 0.6 is 12.4 Å². The van der Waals surface area contributed by atoms with E-state index < -0.39 is 6.17 Å². The van der Waals surface area contributed by atoms with Crippen LogP contribution in [0.1, 0.15) is 33.6 Å². The Morgan fingerprint density at radius 3 is 2.42 bits per heavy atom. The molecule has 0 aromatic rings. The summed E-state index contributed by atoms with van der Waals surface area (Å²) in [6.45, 7) is 7.23. The van der Waals surface area contributed by atoms with E-state index in [1.54, 1.807) is 0 Å². The molecule has 0 aromatic heterocycles. The minimum Gasteiger partial charge on any atom is -0.311 e. The van der Waals surface area contributed by atoms with Gasteiger partial charge in [0.2, 0.25) is 0 Å². The van der Waals surface area contributed by atoms with E-state index >= 15 is 0 Å². The lowest BCUT2D eigenvalue weighted by atomic mass is 9.80. The smallest absolute Gasteiger partial charge is 0.103 e. The summed E-state index contributed by atoms with van der Waals surface area (Å²) in [4.78, 5) is 0. The van der Waals surface area contributed by atoms with Crippen LogP contribution in [0.25, 0.3) is 0 Å². The summed E-state index contributed by atoms with van der Waals surface area (Å²) < 4.78 is 13.0. The van der Waals surface area contributed by atoms with E-state index in [4.69, 9.17) is 0 Å². The van der Waals surface area contributed by atoms with E-state index in [1.165, 1.54) is 0 Å². The predicted molar refractivity (Wildman–Crippen MR) is 52.6 cm³/mol. The molecule has 2 atom stereocenters. The van der Waals surface area contributed by atoms with Crippen LogP contribution < -0.4 is 5.32 Å². The van der Waals surface area contributed by atoms with Crippen molar-refractivity contribution < 1.29 is 4.39 Å². The highest BCUT2D eigenvalue weighted by molar-refractivity contribution is 5.85. The molecule has 1 aliphatic heterocycles. The zero-order valence-electron chi connectivity index (χ0n) is 8.06. The Morgan fingerprint density at radius 1 is 1.50 bits per heavy atom. The molecule has 1 heterocycles. The maximum Gasteiger partial charge on any atom is 0.103 e. The van der Waals surface area contributed by atoms with Crippen molar-refractivity contribution in [2.75, 3.05) is 6.54 Å². The number of piperidine rings is 1. The first-order valence-corrected chi connectivity index (χ1v) is 4.44. The second-order valence-corrected chi connectivity index (χ2v) is 4.09. The summed E-state index contributed by atoms with van der Waals surface area (Å²) in [5.41, 5.74) is 0.0255. The van der Waals surface area contributed by atoms with Crippen molar-refractivity contribution in [3.05, 3.63) is 0 Å². The van der Waals surface area contributed by atoms with Gasteiger partial charge in [0.15, 0.2) is 0 Å². The van der Waals surface area contributed by atoms with Gasteiger partial charge >= 0.3 is 0 Å². The molecule has 2 unspecified atom stereocenters. The number of hydrogen-bond donors (Lipinski definition) is 1. The Morgan fingerprint density at radius 2 is 2.08 bits per heavy atom. The van der Waals surface area contributed by atoms with Crippen molar-refractivity contribution in [2.24, 2.45) is 5.92 Å². The summed E-state index contributed by atoms with van der Waals surface area (Å²) >= 11 is 0. The Labute approximate surface area is 80.5 Å². The Kier molecular flexibility index (Phi) is 4.49. The molecule has 0 spiro atoms. The SMILES string of the molecule is CC(C)C1(C)CC(F)CCN1.Cl. The van der Waals surface area contributed by atoms with Crippen molar-refractivity contribution in [3.63, 3.8) is 0 Å². The number of halogens is 2. The van der Waals surface area contributed by atoms with Gasteiger partial charge in [-0.2, -0.15) is 0 Å². The third-order valence-corrected chi connectivity index (χ3v) is 2.91. The Hall–Kier alpha value is 0.180. The van der Waals surface area contributed by atoms with E-state index in [0.29, 0.717) is 18.8 Å². The zero-order valence-corrected chi connectivity index (χ0v) is 8.88. The number of alkyl halides is 1. The van der Waals surface area contributed by atoms with Gasteiger partial charge in [0.1, 0.15) is 6.17 Å². The molecule has 0 aliphatic carbocycles. The molecule has 1 fully saturated rings. The molecule has 1 saturated heterocycles. The lowest BCUT2D eigenvalue weighted by molar-refractivity contribution is 0.127. The summed E-state index contributed by atoms with van der Waals surface area (Å²) in [6, 6.07) is 0. The predicted octanol–water partition coefficient (Wildman–Crippen LogP) is 2.54. The van der Waals surface area contributed by atoms with Gasteiger partial charge in [-0.15, -0.1) is 12.4 Å². The second kappa shape index (κ2) is 4.43. The minimum absolute atomic E-state index is 0. The van der Waals surface area contributed by atoms with Crippen LogP contribution in [0, 0.1) is 5.92 Å². The van der Waals surface area contributed by atoms with Crippen molar-refractivity contribution in [1.29, 1.82) is 0 Å². The van der Waals surface area contributed by atoms with Crippen LogP contribution in [0.3, 0.4) is 0 Å². The third kappa shape index (κ3) is 2.60. The average Bonchev–Trinajstić information content (AvgIpc) is 1.86. The van der Waals surface area contributed by atoms with Gasteiger partial charge in [0.05, 0.1) is 0 Å². The van der Waals surface area contributed by atoms with Crippen LogP contribution in [0.15, 0.2) is 0 Å². The van der Waals surface area contributed by atoms with E-state index in [-0.39, 0.29) is 17.9 Å². The zero-order chi connectivity index (χ0) is 8.48. The summed E-state index contributed by atoms with van der Waals surface area (Å²) in [7, 11) is 0. The first kappa shape index (κ1) is 12.2. The molecule has 0 aromatic carbocycles. The van der Waals surface area contributed by atoms with Crippen LogP contribution in [0.5, 0.6) is 0 Å². The Balaban J connectivity index is 0.00000121. The van der Waals surface area contributed by atoms with Crippen LogP contribution in [0.2, 0.25) is 0 Å². The summed E-state index contributed by atoms with van der Waals surface area (Å²) in [6.07, 6.45) is 0.760. The molecule has 0 amide bonds. The highest BCUT2D eigenvalue weighted by atomic mass is 35.5. The lowest BCUT2D eigenvalue weighted by Gasteiger charge is -2.40. The molecule has 74 valence electrons. The van der Waals surface area contributed by atoms with Gasteiger partial charge in [0.25, 0.3) is 0 Å². The molecule has 1 nitrogen and oxygen atoms in total. The fraction of sp³-hybridized carbons (Fsp3) is 1.00. The number of nitrogens with one attached hydrogen (secondary N) is 1. The monoisotopic (exact) mass is 195 g/mol. The van der Waals surface area contributed by atoms with Crippen molar-refractivity contribution in [3.8, 4) is 0 Å². The average molecular weight is 196 g/mol. The molecule has 1 rings (SSSR count). The topological polar surface area (TPSA) is 12.0 Å². The van der Waals surface area contributed by atoms with Crippen molar-refractivity contribution in [1.82, 2.24) is 5.32 Å². The van der Waals surface area contributed by atoms with E-state index in [1.807, 2.05) is 0 Å². The minimum atomic E-state index is -0.594. The van der Waals surface area contributed by atoms with Gasteiger partial charge in [-0.25, -0.2) is 4.39 Å². The fourth-order valence-corrected chi connectivity index (χ4v) is 1.59. The highest BCUT2D eigenvalue weighted by Crippen LogP contribution is 2.27. The molecule has 0 radical (unpaired) electrons. The third-order valence-electron chi connectivity index (χ3n) is 2.91. The first-order valence-electron chi connectivity index (χ1n) is 4.44. The highest BCUT2D eigenvalue weighted by Gasteiger charge is 2.34. The molecular formula is C9H19ClFN. The molecule has 1 aliphatic rings. The van der Waals surface area contributed by atoms with Crippen molar-refractivity contribution >= 4 is 12.4 Å². The number of rotatable bonds is 1. The van der Waals surface area contributed by atoms with E-state index in [2.05, 4.69) is 26.1 Å². The molecule has 0 saturated carbocycles. The first-order chi connectivity index (χ1) is 5.04. The fourth-order valence-electron chi connectivity index (χ4n) is 1.59. The molecular weight excluding hydrogens is 177 g/mol. The standard InChI is InChI=1S/C9H18FN.ClH/c1-7(2)9(3)6-8(10)4-5-11-9;/h7-8,11H,4-6H2,1-3H3;1H. The normalized spacial score (nSPS) is 36.2. The van der Waals surface area contributed by atoms with Crippen LogP contribution in [-0.4, -0.2) is 18.3 Å². The maximum absolute atomic E-state index is 13.0. The lowest BCUT2D eigenvalue weighted by Crippen LogP contribution is -2.52. The van der Waals surface area contributed by atoms with Gasteiger partial charge in [-0.1, -0.05) is 13.8 Å². The summed E-state index contributed by atoms with van der Waals surface area (Å²) in [5, 5.41) is 3.39. The Bertz CT molecular complexity index is 140. The molecule has 12 heavy (non-hydrogen) atoms. The van der Waals surface area contributed by atoms with Gasteiger partial charge in [-0.3, -0.25) is 0 Å². The number of hydrogen-bond acceptors (Lipinski definition) is 1. The van der Waals surface area contributed by atoms with Gasteiger partial charge in [-0.05, 0) is 32.2 Å². The molecule has 3 heteroatoms. The second-order valence-electron chi connectivity index (χ2n) is 4.09. The van der Waals surface area contributed by atoms with E-state index in [0.717, 1.165) is 6.54 Å². The van der Waals surface area contributed by atoms with Crippen LogP contribution in [0.4, 0.5) is 4.39 Å². The van der Waals surface area contributed by atoms with Crippen LogP contribution in [-0.2, 0) is 0 Å². The summed E-state index contributed by atoms with van der Waals surface area (Å²) in [5.74, 6) is 0.515.